The van der Waals surface area contributed by atoms with Crippen LogP contribution in [0.2, 0.25) is 0 Å². The number of hydrogen-bond acceptors (Lipinski definition) is 6. The molecule has 4 bridgehead atoms. The van der Waals surface area contributed by atoms with E-state index in [9.17, 15) is 26.8 Å². The van der Waals surface area contributed by atoms with Crippen molar-refractivity contribution < 1.29 is 40.8 Å². The van der Waals surface area contributed by atoms with Crippen LogP contribution in [0.3, 0.4) is 0 Å². The molecule has 2 unspecified atom stereocenters. The van der Waals surface area contributed by atoms with Crippen molar-refractivity contribution >= 4 is 32.8 Å². The third-order valence-corrected chi connectivity index (χ3v) is 8.48. The summed E-state index contributed by atoms with van der Waals surface area (Å²) in [7, 11) is -5.93. The van der Waals surface area contributed by atoms with Gasteiger partial charge in [-0.3, -0.25) is 9.35 Å². The van der Waals surface area contributed by atoms with E-state index in [1.165, 1.54) is 0 Å². The van der Waals surface area contributed by atoms with E-state index >= 15 is 0 Å². The van der Waals surface area contributed by atoms with Crippen LogP contribution in [0.15, 0.2) is 42.5 Å². The van der Waals surface area contributed by atoms with E-state index in [-0.39, 0.29) is 30.3 Å². The quantitative estimate of drug-likeness (QED) is 0.476. The van der Waals surface area contributed by atoms with E-state index < -0.39 is 32.9 Å². The minimum atomic E-state index is -5.93. The molecule has 0 aromatic heterocycles. The van der Waals surface area contributed by atoms with E-state index in [1.807, 2.05) is 42.5 Å². The predicted molar refractivity (Wildman–Crippen MR) is 116 cm³/mol. The molecule has 0 spiro atoms. The Kier molecular flexibility index (Phi) is 5.44. The summed E-state index contributed by atoms with van der Waals surface area (Å²) in [6.45, 7) is 0.112. The van der Waals surface area contributed by atoms with Crippen LogP contribution < -0.4 is 0 Å². The van der Waals surface area contributed by atoms with Gasteiger partial charge in [0.2, 0.25) is 0 Å². The molecule has 4 saturated carbocycles. The summed E-state index contributed by atoms with van der Waals surface area (Å²) in [5.41, 5.74) is 0.116. The molecule has 4 aliphatic carbocycles. The molecule has 2 atom stereocenters. The summed E-state index contributed by atoms with van der Waals surface area (Å²) >= 11 is 0. The molecule has 182 valence electrons. The predicted octanol–water partition coefficient (Wildman–Crippen LogP) is 4.10. The maximum Gasteiger partial charge on any atom is 0.465 e. The van der Waals surface area contributed by atoms with Crippen LogP contribution >= 0.6 is 0 Å². The Labute approximate surface area is 195 Å². The molecule has 34 heavy (non-hydrogen) atoms. The van der Waals surface area contributed by atoms with Gasteiger partial charge in [-0.2, -0.15) is 17.2 Å². The first-order chi connectivity index (χ1) is 16.0. The number of alkyl halides is 2. The van der Waals surface area contributed by atoms with E-state index in [4.69, 9.17) is 14.0 Å². The molecule has 1 N–H and O–H groups in total. The molecule has 4 fully saturated rings. The Morgan fingerprint density at radius 2 is 1.68 bits per heavy atom. The average Bonchev–Trinajstić information content (AvgIpc) is 2.78. The number of halogens is 2. The average molecular weight is 495 g/mol. The SMILES string of the molecule is O=C(OCc1cccc2ccccc12)C12CC3CC(C1)C(OC(=O)C(F)(F)S(=O)(=O)O)C(C3)C2. The number of benzene rings is 2. The standard InChI is InChI=1S/C24H24F2O7S/c25-24(26,34(29,30)31)22(28)33-20-17-8-14-9-18(20)12-23(10-14,11-17)21(27)32-13-16-6-3-5-15-4-1-2-7-19(15)16/h1-7,14,17-18,20H,8-13H2,(H,29,30,31). The van der Waals surface area contributed by atoms with Crippen LogP contribution in [0.5, 0.6) is 0 Å². The van der Waals surface area contributed by atoms with Gasteiger partial charge in [-0.1, -0.05) is 42.5 Å². The van der Waals surface area contributed by atoms with Gasteiger partial charge < -0.3 is 9.47 Å². The number of rotatable bonds is 6. The van der Waals surface area contributed by atoms with Crippen molar-refractivity contribution in [3.8, 4) is 0 Å². The van der Waals surface area contributed by atoms with Crippen molar-refractivity contribution in [1.29, 1.82) is 0 Å². The molecule has 0 amide bonds. The molecule has 0 heterocycles. The van der Waals surface area contributed by atoms with Gasteiger partial charge in [0.05, 0.1) is 5.41 Å². The van der Waals surface area contributed by atoms with Crippen LogP contribution in [0, 0.1) is 23.2 Å². The van der Waals surface area contributed by atoms with E-state index in [1.54, 1.807) is 0 Å². The zero-order valence-corrected chi connectivity index (χ0v) is 19.0. The summed E-state index contributed by atoms with van der Waals surface area (Å²) < 4.78 is 68.6. The third kappa shape index (κ3) is 3.76. The first-order valence-corrected chi connectivity index (χ1v) is 12.6. The van der Waals surface area contributed by atoms with Gasteiger partial charge >= 0.3 is 27.3 Å². The van der Waals surface area contributed by atoms with Crippen LogP contribution in [-0.4, -0.2) is 36.3 Å². The molecule has 0 saturated heterocycles. The second-order valence-corrected chi connectivity index (χ2v) is 11.3. The lowest BCUT2D eigenvalue weighted by Gasteiger charge is -2.57. The van der Waals surface area contributed by atoms with Crippen molar-refractivity contribution in [2.75, 3.05) is 0 Å². The van der Waals surface area contributed by atoms with Gasteiger partial charge in [0.15, 0.2) is 0 Å². The molecule has 2 aromatic rings. The van der Waals surface area contributed by atoms with Gasteiger partial charge in [-0.05, 0) is 66.2 Å². The fraction of sp³-hybridized carbons (Fsp3) is 0.500. The molecule has 10 heteroatoms. The number of hydrogen-bond donors (Lipinski definition) is 1. The van der Waals surface area contributed by atoms with Crippen molar-refractivity contribution in [2.45, 2.75) is 50.1 Å². The van der Waals surface area contributed by atoms with Gasteiger partial charge in [0.25, 0.3) is 0 Å². The largest absolute Gasteiger partial charge is 0.465 e. The van der Waals surface area contributed by atoms with Crippen molar-refractivity contribution in [1.82, 2.24) is 0 Å². The summed E-state index contributed by atoms with van der Waals surface area (Å²) in [6, 6.07) is 13.6. The summed E-state index contributed by atoms with van der Waals surface area (Å²) in [5.74, 6) is -3.14. The van der Waals surface area contributed by atoms with E-state index in [2.05, 4.69) is 0 Å². The first-order valence-electron chi connectivity index (χ1n) is 11.2. The summed E-state index contributed by atoms with van der Waals surface area (Å²) in [4.78, 5) is 25.1. The topological polar surface area (TPSA) is 107 Å². The molecule has 2 aromatic carbocycles. The third-order valence-electron chi connectivity index (χ3n) is 7.66. The van der Waals surface area contributed by atoms with Crippen molar-refractivity contribution in [3.63, 3.8) is 0 Å². The zero-order chi connectivity index (χ0) is 24.3. The normalized spacial score (nSPS) is 30.3. The van der Waals surface area contributed by atoms with Gasteiger partial charge in [0, 0.05) is 0 Å². The molecule has 4 aliphatic rings. The Morgan fingerprint density at radius 3 is 2.35 bits per heavy atom. The van der Waals surface area contributed by atoms with Crippen LogP contribution in [0.4, 0.5) is 8.78 Å². The highest BCUT2D eigenvalue weighted by Crippen LogP contribution is 2.61. The Balaban J connectivity index is 1.30. The summed E-state index contributed by atoms with van der Waals surface area (Å²) in [5, 5.41) is -3.00. The molecule has 7 nitrogen and oxygen atoms in total. The number of fused-ring (bicyclic) bond motifs is 1. The minimum absolute atomic E-state index is 0.112. The zero-order valence-electron chi connectivity index (χ0n) is 18.2. The molecule has 0 radical (unpaired) electrons. The van der Waals surface area contributed by atoms with Crippen LogP contribution in [-0.2, 0) is 35.8 Å². The fourth-order valence-electron chi connectivity index (χ4n) is 6.43. The highest BCUT2D eigenvalue weighted by Gasteiger charge is 2.62. The molecule has 6 rings (SSSR count). The lowest BCUT2D eigenvalue weighted by atomic mass is 9.48. The number of carbonyl (C=O) groups excluding carboxylic acids is 2. The van der Waals surface area contributed by atoms with Crippen LogP contribution in [0.25, 0.3) is 10.8 Å². The Morgan fingerprint density at radius 1 is 1.03 bits per heavy atom. The second-order valence-electron chi connectivity index (χ2n) is 9.83. The summed E-state index contributed by atoms with van der Waals surface area (Å²) in [6.07, 6.45) is 1.56. The maximum atomic E-state index is 13.7. The maximum absolute atomic E-state index is 13.7. The molecule has 0 aliphatic heterocycles. The van der Waals surface area contributed by atoms with E-state index in [0.29, 0.717) is 32.1 Å². The number of ether oxygens (including phenoxy) is 2. The second kappa shape index (κ2) is 7.98. The van der Waals surface area contributed by atoms with Gasteiger partial charge in [-0.15, -0.1) is 0 Å². The Bertz CT molecular complexity index is 1240. The smallest absolute Gasteiger partial charge is 0.460 e. The van der Waals surface area contributed by atoms with Crippen LogP contribution in [0.1, 0.15) is 37.7 Å². The van der Waals surface area contributed by atoms with Gasteiger partial charge in [0.1, 0.15) is 12.7 Å². The Hall–Kier alpha value is -2.59. The highest BCUT2D eigenvalue weighted by atomic mass is 32.2. The fourth-order valence-corrected chi connectivity index (χ4v) is 6.69. The minimum Gasteiger partial charge on any atom is -0.460 e. The lowest BCUT2D eigenvalue weighted by Crippen LogP contribution is -2.58. The first kappa shape index (κ1) is 23.2. The lowest BCUT2D eigenvalue weighted by molar-refractivity contribution is -0.203. The number of esters is 2. The molecular weight excluding hydrogens is 470 g/mol. The highest BCUT2D eigenvalue weighted by molar-refractivity contribution is 7.87. The van der Waals surface area contributed by atoms with Crippen molar-refractivity contribution in [2.24, 2.45) is 23.2 Å². The monoisotopic (exact) mass is 494 g/mol. The molecular formula is C24H24F2O7S. The van der Waals surface area contributed by atoms with Gasteiger partial charge in [-0.25, -0.2) is 4.79 Å². The van der Waals surface area contributed by atoms with Crippen molar-refractivity contribution in [3.05, 3.63) is 48.0 Å². The number of carbonyl (C=O) groups is 2. The van der Waals surface area contributed by atoms with E-state index in [0.717, 1.165) is 16.3 Å².